The highest BCUT2D eigenvalue weighted by molar-refractivity contribution is 9.10. The molecule has 0 aliphatic heterocycles. The van der Waals surface area contributed by atoms with Crippen LogP contribution < -0.4 is 5.32 Å². The van der Waals surface area contributed by atoms with Crippen molar-refractivity contribution in [2.24, 2.45) is 0 Å². The molecule has 1 aromatic heterocycles. The lowest BCUT2D eigenvalue weighted by molar-refractivity contribution is 0.407. The largest absolute Gasteiger partial charge is 0.363 e. The summed E-state index contributed by atoms with van der Waals surface area (Å²) < 4.78 is 5.50. The summed E-state index contributed by atoms with van der Waals surface area (Å²) in [5.41, 5.74) is 1.00. The molecule has 0 radical (unpaired) electrons. The van der Waals surface area contributed by atoms with Crippen LogP contribution in [0, 0.1) is 5.41 Å². The molecular formula is C11H9BrClN3O. The van der Waals surface area contributed by atoms with E-state index in [1.807, 2.05) is 24.3 Å². The summed E-state index contributed by atoms with van der Waals surface area (Å²) >= 11 is 9.02. The van der Waals surface area contributed by atoms with E-state index in [0.29, 0.717) is 21.9 Å². The van der Waals surface area contributed by atoms with Gasteiger partial charge in [-0.25, -0.2) is 0 Å². The molecule has 1 aromatic carbocycles. The van der Waals surface area contributed by atoms with Gasteiger partial charge < -0.3 is 9.84 Å². The van der Waals surface area contributed by atoms with Crippen molar-refractivity contribution >= 4 is 33.4 Å². The van der Waals surface area contributed by atoms with E-state index in [1.165, 1.54) is 0 Å². The monoisotopic (exact) mass is 313 g/mol. The van der Waals surface area contributed by atoms with Crippen molar-refractivity contribution in [3.05, 3.63) is 51.3 Å². The molecule has 0 bridgehead atoms. The fourth-order valence-corrected chi connectivity index (χ4v) is 1.79. The maximum absolute atomic E-state index is 7.75. The standard InChI is InChI=1S/C11H9BrClN3O/c12-10-5-9(17-16-10)11(14)15-6-7-2-1-3-8(13)4-7/h1-5H,6H2,(H2,14,15). The van der Waals surface area contributed by atoms with Gasteiger partial charge in [-0.05, 0) is 33.6 Å². The van der Waals surface area contributed by atoms with Gasteiger partial charge in [0.25, 0.3) is 0 Å². The first-order valence-electron chi connectivity index (χ1n) is 4.84. The smallest absolute Gasteiger partial charge is 0.202 e. The van der Waals surface area contributed by atoms with Gasteiger partial charge >= 0.3 is 0 Å². The Morgan fingerprint density at radius 3 is 2.94 bits per heavy atom. The van der Waals surface area contributed by atoms with Gasteiger partial charge in [-0.2, -0.15) is 0 Å². The maximum atomic E-state index is 7.75. The first-order chi connectivity index (χ1) is 8.15. The topological polar surface area (TPSA) is 61.9 Å². The second-order valence-corrected chi connectivity index (χ2v) is 4.62. The van der Waals surface area contributed by atoms with Crippen LogP contribution in [0.4, 0.5) is 0 Å². The van der Waals surface area contributed by atoms with Gasteiger partial charge in [0.1, 0.15) is 4.60 Å². The minimum atomic E-state index is 0.183. The number of rotatable bonds is 3. The van der Waals surface area contributed by atoms with E-state index in [1.54, 1.807) is 6.07 Å². The first-order valence-corrected chi connectivity index (χ1v) is 6.02. The summed E-state index contributed by atoms with van der Waals surface area (Å²) in [7, 11) is 0. The maximum Gasteiger partial charge on any atom is 0.202 e. The fraction of sp³-hybridized carbons (Fsp3) is 0.0909. The quantitative estimate of drug-likeness (QED) is 0.675. The summed E-state index contributed by atoms with van der Waals surface area (Å²) in [5, 5.41) is 15.0. The Kier molecular flexibility index (Phi) is 3.81. The number of hydrogen-bond acceptors (Lipinski definition) is 3. The van der Waals surface area contributed by atoms with Crippen LogP contribution in [0.25, 0.3) is 0 Å². The highest BCUT2D eigenvalue weighted by Gasteiger charge is 2.07. The Morgan fingerprint density at radius 2 is 2.29 bits per heavy atom. The summed E-state index contributed by atoms with van der Waals surface area (Å²) in [6, 6.07) is 9.09. The lowest BCUT2D eigenvalue weighted by Gasteiger charge is -2.05. The van der Waals surface area contributed by atoms with Crippen LogP contribution in [0.1, 0.15) is 11.3 Å². The molecule has 88 valence electrons. The molecule has 0 unspecified atom stereocenters. The van der Waals surface area contributed by atoms with Crippen molar-refractivity contribution in [2.45, 2.75) is 6.54 Å². The number of benzene rings is 1. The van der Waals surface area contributed by atoms with Crippen molar-refractivity contribution in [1.29, 1.82) is 5.41 Å². The molecule has 0 amide bonds. The molecular weight excluding hydrogens is 305 g/mol. The predicted molar refractivity (Wildman–Crippen MR) is 69.3 cm³/mol. The Balaban J connectivity index is 1.97. The van der Waals surface area contributed by atoms with Crippen LogP contribution in [-0.2, 0) is 6.54 Å². The van der Waals surface area contributed by atoms with Crippen molar-refractivity contribution in [1.82, 2.24) is 10.5 Å². The average molecular weight is 315 g/mol. The molecule has 0 spiro atoms. The van der Waals surface area contributed by atoms with Gasteiger partial charge in [0.05, 0.1) is 0 Å². The SMILES string of the molecule is N=C(NCc1cccc(Cl)c1)c1cc(Br)no1. The van der Waals surface area contributed by atoms with Crippen LogP contribution in [0.2, 0.25) is 5.02 Å². The van der Waals surface area contributed by atoms with E-state index in [2.05, 4.69) is 26.4 Å². The number of aromatic nitrogens is 1. The Labute approximate surface area is 112 Å². The first kappa shape index (κ1) is 12.1. The van der Waals surface area contributed by atoms with E-state index < -0.39 is 0 Å². The second-order valence-electron chi connectivity index (χ2n) is 3.37. The lowest BCUT2D eigenvalue weighted by Crippen LogP contribution is -2.22. The van der Waals surface area contributed by atoms with Crippen molar-refractivity contribution in [3.63, 3.8) is 0 Å². The van der Waals surface area contributed by atoms with E-state index >= 15 is 0 Å². The van der Waals surface area contributed by atoms with Crippen LogP contribution in [0.5, 0.6) is 0 Å². The van der Waals surface area contributed by atoms with Crippen molar-refractivity contribution in [3.8, 4) is 0 Å². The summed E-state index contributed by atoms with van der Waals surface area (Å²) in [6.45, 7) is 0.512. The molecule has 0 saturated carbocycles. The minimum Gasteiger partial charge on any atom is -0.363 e. The van der Waals surface area contributed by atoms with Gasteiger partial charge in [0, 0.05) is 17.6 Å². The zero-order valence-corrected chi connectivity index (χ0v) is 11.0. The molecule has 1 heterocycles. The zero-order valence-electron chi connectivity index (χ0n) is 8.71. The molecule has 2 aromatic rings. The number of nitrogens with one attached hydrogen (secondary N) is 2. The molecule has 0 fully saturated rings. The minimum absolute atomic E-state index is 0.183. The van der Waals surface area contributed by atoms with E-state index in [4.69, 9.17) is 21.5 Å². The van der Waals surface area contributed by atoms with Crippen LogP contribution >= 0.6 is 27.5 Å². The third-order valence-electron chi connectivity index (χ3n) is 2.09. The van der Waals surface area contributed by atoms with Gasteiger partial charge in [-0.1, -0.05) is 28.9 Å². The van der Waals surface area contributed by atoms with Crippen molar-refractivity contribution < 1.29 is 4.52 Å². The molecule has 0 aliphatic rings. The van der Waals surface area contributed by atoms with E-state index in [-0.39, 0.29) is 5.84 Å². The highest BCUT2D eigenvalue weighted by atomic mass is 79.9. The Bertz CT molecular complexity index is 541. The summed E-state index contributed by atoms with van der Waals surface area (Å²) in [4.78, 5) is 0. The molecule has 4 nitrogen and oxygen atoms in total. The van der Waals surface area contributed by atoms with Crippen LogP contribution in [-0.4, -0.2) is 11.0 Å². The van der Waals surface area contributed by atoms with E-state index in [0.717, 1.165) is 5.56 Å². The summed E-state index contributed by atoms with van der Waals surface area (Å²) in [5.74, 6) is 0.571. The van der Waals surface area contributed by atoms with Crippen LogP contribution in [0.3, 0.4) is 0 Å². The molecule has 2 N–H and O–H groups in total. The zero-order chi connectivity index (χ0) is 12.3. The second kappa shape index (κ2) is 5.33. The third kappa shape index (κ3) is 3.31. The lowest BCUT2D eigenvalue weighted by atomic mass is 10.2. The molecule has 6 heteroatoms. The number of nitrogens with zero attached hydrogens (tertiary/aromatic N) is 1. The molecule has 2 rings (SSSR count). The Hall–Kier alpha value is -1.33. The molecule has 0 atom stereocenters. The average Bonchev–Trinajstić information content (AvgIpc) is 2.73. The third-order valence-corrected chi connectivity index (χ3v) is 2.69. The Morgan fingerprint density at radius 1 is 1.47 bits per heavy atom. The van der Waals surface area contributed by atoms with Crippen LogP contribution in [0.15, 0.2) is 39.5 Å². The summed E-state index contributed by atoms with van der Waals surface area (Å²) in [6.07, 6.45) is 0. The van der Waals surface area contributed by atoms with Gasteiger partial charge in [-0.15, -0.1) is 0 Å². The van der Waals surface area contributed by atoms with E-state index in [9.17, 15) is 0 Å². The highest BCUT2D eigenvalue weighted by Crippen LogP contribution is 2.12. The predicted octanol–water partition coefficient (Wildman–Crippen LogP) is 3.21. The van der Waals surface area contributed by atoms with Crippen molar-refractivity contribution in [2.75, 3.05) is 0 Å². The molecule has 0 aliphatic carbocycles. The van der Waals surface area contributed by atoms with Gasteiger partial charge in [0.2, 0.25) is 5.76 Å². The number of hydrogen-bond donors (Lipinski definition) is 2. The molecule has 0 saturated heterocycles. The fourth-order valence-electron chi connectivity index (χ4n) is 1.30. The normalized spacial score (nSPS) is 10.2. The molecule has 17 heavy (non-hydrogen) atoms. The van der Waals surface area contributed by atoms with Gasteiger partial charge in [-0.3, -0.25) is 5.41 Å². The number of amidine groups is 1. The number of halogens is 2. The van der Waals surface area contributed by atoms with Gasteiger partial charge in [0.15, 0.2) is 5.84 Å².